The van der Waals surface area contributed by atoms with E-state index in [9.17, 15) is 0 Å². The molecule has 0 atom stereocenters. The Bertz CT molecular complexity index is 497. The SMILES string of the molecule is CCc1noc(C2=CCCN(C)C2)n1.O=C(O)C(=O)O. The maximum Gasteiger partial charge on any atom is 0.414 e. The zero-order valence-electron chi connectivity index (χ0n) is 11.4. The van der Waals surface area contributed by atoms with Crippen molar-refractivity contribution in [2.75, 3.05) is 20.1 Å². The number of carbonyl (C=O) groups is 2. The molecular weight excluding hydrogens is 266 g/mol. The number of hydrogen-bond donors (Lipinski definition) is 2. The van der Waals surface area contributed by atoms with Gasteiger partial charge in [0.25, 0.3) is 5.89 Å². The van der Waals surface area contributed by atoms with Crippen molar-refractivity contribution in [3.8, 4) is 0 Å². The Morgan fingerprint density at radius 3 is 2.50 bits per heavy atom. The first-order valence-electron chi connectivity index (χ1n) is 6.10. The predicted molar refractivity (Wildman–Crippen MR) is 69.0 cm³/mol. The molecule has 2 heterocycles. The van der Waals surface area contributed by atoms with Crippen LogP contribution in [-0.4, -0.2) is 57.3 Å². The van der Waals surface area contributed by atoms with Gasteiger partial charge in [-0.1, -0.05) is 18.2 Å². The van der Waals surface area contributed by atoms with Gasteiger partial charge in [0.1, 0.15) is 0 Å². The number of likely N-dealkylation sites (N-methyl/N-ethyl adjacent to an activating group) is 1. The topological polar surface area (TPSA) is 117 Å². The highest BCUT2D eigenvalue weighted by molar-refractivity contribution is 6.27. The van der Waals surface area contributed by atoms with Crippen molar-refractivity contribution in [3.63, 3.8) is 0 Å². The van der Waals surface area contributed by atoms with Crippen LogP contribution >= 0.6 is 0 Å². The minimum atomic E-state index is -1.82. The third kappa shape index (κ3) is 4.81. The zero-order valence-corrected chi connectivity index (χ0v) is 11.4. The van der Waals surface area contributed by atoms with Crippen LogP contribution in [0.15, 0.2) is 10.6 Å². The Kier molecular flexibility index (Phi) is 5.85. The van der Waals surface area contributed by atoms with Crippen LogP contribution in [0.5, 0.6) is 0 Å². The van der Waals surface area contributed by atoms with Gasteiger partial charge in [-0.25, -0.2) is 9.59 Å². The summed E-state index contributed by atoms with van der Waals surface area (Å²) in [5, 5.41) is 18.7. The van der Waals surface area contributed by atoms with Gasteiger partial charge in [-0.2, -0.15) is 4.98 Å². The van der Waals surface area contributed by atoms with Crippen molar-refractivity contribution in [2.24, 2.45) is 0 Å². The Balaban J connectivity index is 0.000000286. The molecule has 1 aliphatic heterocycles. The number of aromatic nitrogens is 2. The van der Waals surface area contributed by atoms with Gasteiger partial charge in [-0.3, -0.25) is 0 Å². The second-order valence-electron chi connectivity index (χ2n) is 4.24. The minimum absolute atomic E-state index is 0.688. The maximum atomic E-state index is 9.10. The molecule has 0 saturated carbocycles. The monoisotopic (exact) mass is 283 g/mol. The Morgan fingerprint density at radius 2 is 2.05 bits per heavy atom. The highest BCUT2D eigenvalue weighted by Crippen LogP contribution is 2.18. The molecule has 0 saturated heterocycles. The minimum Gasteiger partial charge on any atom is -0.473 e. The highest BCUT2D eigenvalue weighted by atomic mass is 16.5. The molecule has 20 heavy (non-hydrogen) atoms. The van der Waals surface area contributed by atoms with E-state index in [1.165, 1.54) is 0 Å². The molecule has 110 valence electrons. The van der Waals surface area contributed by atoms with Crippen LogP contribution in [0.2, 0.25) is 0 Å². The van der Waals surface area contributed by atoms with Gasteiger partial charge < -0.3 is 19.6 Å². The number of aryl methyl sites for hydroxylation is 1. The van der Waals surface area contributed by atoms with E-state index in [1.807, 2.05) is 6.92 Å². The molecule has 0 amide bonds. The van der Waals surface area contributed by atoms with E-state index in [0.717, 1.165) is 37.3 Å². The Labute approximate surface area is 115 Å². The second kappa shape index (κ2) is 7.39. The molecule has 1 aromatic heterocycles. The van der Waals surface area contributed by atoms with Crippen LogP contribution < -0.4 is 0 Å². The van der Waals surface area contributed by atoms with Crippen molar-refractivity contribution < 1.29 is 24.3 Å². The molecule has 8 nitrogen and oxygen atoms in total. The summed E-state index contributed by atoms with van der Waals surface area (Å²) in [4.78, 5) is 24.8. The molecule has 0 aromatic carbocycles. The summed E-state index contributed by atoms with van der Waals surface area (Å²) in [5.41, 5.74) is 1.16. The van der Waals surface area contributed by atoms with Crippen LogP contribution in [0.25, 0.3) is 5.57 Å². The van der Waals surface area contributed by atoms with E-state index in [4.69, 9.17) is 24.3 Å². The summed E-state index contributed by atoms with van der Waals surface area (Å²) in [6, 6.07) is 0. The number of hydrogen-bond acceptors (Lipinski definition) is 6. The molecule has 8 heteroatoms. The molecule has 0 radical (unpaired) electrons. The van der Waals surface area contributed by atoms with E-state index >= 15 is 0 Å². The normalized spacial score (nSPS) is 15.0. The number of nitrogens with zero attached hydrogens (tertiary/aromatic N) is 3. The van der Waals surface area contributed by atoms with Crippen molar-refractivity contribution in [1.29, 1.82) is 0 Å². The third-order valence-corrected chi connectivity index (χ3v) is 2.58. The van der Waals surface area contributed by atoms with Crippen LogP contribution in [0.1, 0.15) is 25.1 Å². The fraction of sp³-hybridized carbons (Fsp3) is 0.500. The lowest BCUT2D eigenvalue weighted by molar-refractivity contribution is -0.159. The molecule has 1 aromatic rings. The van der Waals surface area contributed by atoms with E-state index < -0.39 is 11.9 Å². The van der Waals surface area contributed by atoms with Crippen LogP contribution in [-0.2, 0) is 16.0 Å². The summed E-state index contributed by atoms with van der Waals surface area (Å²) in [6.45, 7) is 4.04. The summed E-state index contributed by atoms with van der Waals surface area (Å²) < 4.78 is 5.19. The average Bonchev–Trinajstić information content (AvgIpc) is 2.88. The Morgan fingerprint density at radius 1 is 1.40 bits per heavy atom. The number of aliphatic carboxylic acids is 2. The standard InChI is InChI=1S/C10H15N3O.C2H2O4/c1-3-9-11-10(14-12-9)8-5-4-6-13(2)7-8;3-1(4)2(5)6/h5H,3-4,6-7H2,1-2H3;(H,3,4)(H,5,6). The molecule has 0 fully saturated rings. The first-order chi connectivity index (χ1) is 9.43. The van der Waals surface area contributed by atoms with Gasteiger partial charge in [0.2, 0.25) is 0 Å². The first kappa shape index (κ1) is 15.8. The lowest BCUT2D eigenvalue weighted by atomic mass is 10.1. The smallest absolute Gasteiger partial charge is 0.414 e. The average molecular weight is 283 g/mol. The van der Waals surface area contributed by atoms with E-state index in [1.54, 1.807) is 0 Å². The van der Waals surface area contributed by atoms with E-state index in [0.29, 0.717) is 5.89 Å². The molecule has 0 spiro atoms. The molecule has 2 N–H and O–H groups in total. The lowest BCUT2D eigenvalue weighted by Gasteiger charge is -2.20. The molecule has 0 bridgehead atoms. The van der Waals surface area contributed by atoms with Gasteiger partial charge in [0, 0.05) is 25.1 Å². The maximum absolute atomic E-state index is 9.10. The summed E-state index contributed by atoms with van der Waals surface area (Å²) in [7, 11) is 2.10. The highest BCUT2D eigenvalue weighted by Gasteiger charge is 2.15. The van der Waals surface area contributed by atoms with Gasteiger partial charge in [-0.05, 0) is 13.5 Å². The van der Waals surface area contributed by atoms with Crippen molar-refractivity contribution in [2.45, 2.75) is 19.8 Å². The number of carboxylic acid groups (broad SMARTS) is 2. The fourth-order valence-electron chi connectivity index (χ4n) is 1.58. The molecule has 0 aliphatic carbocycles. The van der Waals surface area contributed by atoms with Crippen molar-refractivity contribution >= 4 is 17.5 Å². The van der Waals surface area contributed by atoms with Crippen molar-refractivity contribution in [1.82, 2.24) is 15.0 Å². The lowest BCUT2D eigenvalue weighted by Crippen LogP contribution is -2.25. The van der Waals surface area contributed by atoms with Crippen LogP contribution in [0, 0.1) is 0 Å². The Hall–Kier alpha value is -2.22. The van der Waals surface area contributed by atoms with Gasteiger partial charge in [-0.15, -0.1) is 0 Å². The van der Waals surface area contributed by atoms with Gasteiger partial charge in [0.05, 0.1) is 0 Å². The fourth-order valence-corrected chi connectivity index (χ4v) is 1.58. The van der Waals surface area contributed by atoms with Crippen LogP contribution in [0.4, 0.5) is 0 Å². The van der Waals surface area contributed by atoms with Crippen molar-refractivity contribution in [3.05, 3.63) is 17.8 Å². The predicted octanol–water partition coefficient (Wildman–Crippen LogP) is 0.506. The molecular formula is C12H17N3O5. The number of carboxylic acids is 2. The summed E-state index contributed by atoms with van der Waals surface area (Å²) in [5.74, 6) is -2.17. The van der Waals surface area contributed by atoms with Crippen LogP contribution in [0.3, 0.4) is 0 Å². The molecule has 2 rings (SSSR count). The van der Waals surface area contributed by atoms with E-state index in [2.05, 4.69) is 28.2 Å². The zero-order chi connectivity index (χ0) is 15.1. The number of rotatable bonds is 2. The van der Waals surface area contributed by atoms with Gasteiger partial charge in [0.15, 0.2) is 5.82 Å². The van der Waals surface area contributed by atoms with E-state index in [-0.39, 0.29) is 0 Å². The first-order valence-corrected chi connectivity index (χ1v) is 6.10. The largest absolute Gasteiger partial charge is 0.473 e. The second-order valence-corrected chi connectivity index (χ2v) is 4.24. The summed E-state index contributed by atoms with van der Waals surface area (Å²) in [6.07, 6.45) is 4.08. The molecule has 0 unspecified atom stereocenters. The quantitative estimate of drug-likeness (QED) is 0.754. The molecule has 1 aliphatic rings. The summed E-state index contributed by atoms with van der Waals surface area (Å²) >= 11 is 0. The van der Waals surface area contributed by atoms with Gasteiger partial charge >= 0.3 is 11.9 Å². The third-order valence-electron chi connectivity index (χ3n) is 2.58.